The summed E-state index contributed by atoms with van der Waals surface area (Å²) in [5, 5.41) is 10.6. The third kappa shape index (κ3) is 68.4. The van der Waals surface area contributed by atoms with E-state index < -0.39 is 97.5 Å². The Balaban J connectivity index is 5.22. The van der Waals surface area contributed by atoms with Gasteiger partial charge in [0.15, 0.2) is 12.2 Å². The molecule has 0 aliphatic rings. The van der Waals surface area contributed by atoms with Gasteiger partial charge in [-0.2, -0.15) is 0 Å². The van der Waals surface area contributed by atoms with Crippen LogP contribution in [0.25, 0.3) is 0 Å². The van der Waals surface area contributed by atoms with E-state index in [9.17, 15) is 43.2 Å². The van der Waals surface area contributed by atoms with Crippen molar-refractivity contribution in [2.45, 2.75) is 400 Å². The number of phosphoric ester groups is 2. The molecule has 0 bridgehead atoms. The normalized spacial score (nSPS) is 14.1. The molecule has 0 heterocycles. The van der Waals surface area contributed by atoms with Crippen LogP contribution in [0.3, 0.4) is 0 Å². The maximum absolute atomic E-state index is 13.1. The van der Waals surface area contributed by atoms with Crippen molar-refractivity contribution in [3.05, 3.63) is 0 Å². The average Bonchev–Trinajstić information content (AvgIpc) is 2.87. The van der Waals surface area contributed by atoms with E-state index >= 15 is 0 Å². The first kappa shape index (κ1) is 91.1. The number of hydrogen-bond donors (Lipinski definition) is 3. The standard InChI is InChI=1S/C74H144O17P2/c1-7-9-11-13-15-17-19-20-21-22-23-24-25-26-28-34-40-47-53-59-74(79)90-69(62-84-71(76)56-50-44-38-32-30-29-31-36-42-48-54-66(3)4)64-88-92(80,81)86-60-68(75)61-87-93(82,83)89-65-70(63-85-72(77)57-51-45-41-35-37-43-49-55-67(5)6)91-73(78)58-52-46-39-33-27-18-16-14-12-10-8-2/h66-70,75H,7-65H2,1-6H3,(H,80,81)(H,82,83)/t68-,69-,70-/m1/s1. The Bertz CT molecular complexity index is 1800. The zero-order chi connectivity index (χ0) is 68.6. The number of carbonyl (C=O) groups excluding carboxylic acids is 4. The molecule has 0 aromatic carbocycles. The van der Waals surface area contributed by atoms with Crippen molar-refractivity contribution in [1.82, 2.24) is 0 Å². The van der Waals surface area contributed by atoms with Crippen molar-refractivity contribution in [3.63, 3.8) is 0 Å². The number of aliphatic hydroxyl groups excluding tert-OH is 1. The molecule has 0 aromatic rings. The molecule has 0 spiro atoms. The van der Waals surface area contributed by atoms with Crippen molar-refractivity contribution >= 4 is 39.5 Å². The van der Waals surface area contributed by atoms with Gasteiger partial charge in [0.1, 0.15) is 19.3 Å². The number of aliphatic hydroxyl groups is 1. The number of phosphoric acid groups is 2. The van der Waals surface area contributed by atoms with Crippen molar-refractivity contribution in [2.75, 3.05) is 39.6 Å². The summed E-state index contributed by atoms with van der Waals surface area (Å²) in [6, 6.07) is 0. The Hall–Kier alpha value is -1.94. The first-order valence-corrected chi connectivity index (χ1v) is 41.5. The van der Waals surface area contributed by atoms with E-state index in [4.69, 9.17) is 37.0 Å². The molecule has 0 aliphatic heterocycles. The Morgan fingerprint density at radius 3 is 0.731 bits per heavy atom. The zero-order valence-electron chi connectivity index (χ0n) is 60.6. The molecule has 5 atom stereocenters. The van der Waals surface area contributed by atoms with Crippen LogP contribution in [0.2, 0.25) is 0 Å². The number of unbranched alkanes of at least 4 members (excludes halogenated alkanes) is 43. The summed E-state index contributed by atoms with van der Waals surface area (Å²) in [5.41, 5.74) is 0. The molecule has 3 N–H and O–H groups in total. The quantitative estimate of drug-likeness (QED) is 0.0222. The molecule has 93 heavy (non-hydrogen) atoms. The van der Waals surface area contributed by atoms with Gasteiger partial charge in [-0.25, -0.2) is 9.13 Å². The number of rotatable bonds is 73. The molecule has 2 unspecified atom stereocenters. The van der Waals surface area contributed by atoms with Crippen molar-refractivity contribution in [3.8, 4) is 0 Å². The second kappa shape index (κ2) is 66.0. The minimum Gasteiger partial charge on any atom is -0.462 e. The first-order valence-electron chi connectivity index (χ1n) is 38.5. The highest BCUT2D eigenvalue weighted by molar-refractivity contribution is 7.47. The summed E-state index contributed by atoms with van der Waals surface area (Å²) >= 11 is 0. The lowest BCUT2D eigenvalue weighted by atomic mass is 10.0. The predicted molar refractivity (Wildman–Crippen MR) is 377 cm³/mol. The Morgan fingerprint density at radius 2 is 0.495 bits per heavy atom. The maximum atomic E-state index is 13.1. The van der Waals surface area contributed by atoms with Gasteiger partial charge in [0, 0.05) is 25.7 Å². The average molecular weight is 1370 g/mol. The lowest BCUT2D eigenvalue weighted by Gasteiger charge is -2.21. The molecule has 0 aromatic heterocycles. The summed E-state index contributed by atoms with van der Waals surface area (Å²) in [6.45, 7) is 9.51. The molecule has 0 aliphatic carbocycles. The van der Waals surface area contributed by atoms with Crippen LogP contribution >= 0.6 is 15.6 Å². The van der Waals surface area contributed by atoms with Gasteiger partial charge in [-0.05, 0) is 37.5 Å². The van der Waals surface area contributed by atoms with Crippen molar-refractivity contribution in [2.24, 2.45) is 11.8 Å². The smallest absolute Gasteiger partial charge is 0.462 e. The largest absolute Gasteiger partial charge is 0.472 e. The fourth-order valence-corrected chi connectivity index (χ4v) is 12.9. The van der Waals surface area contributed by atoms with E-state index in [1.165, 1.54) is 193 Å². The fraction of sp³-hybridized carbons (Fsp3) is 0.946. The van der Waals surface area contributed by atoms with Crippen LogP contribution in [-0.4, -0.2) is 96.7 Å². The van der Waals surface area contributed by atoms with Crippen LogP contribution in [-0.2, 0) is 65.4 Å². The first-order chi connectivity index (χ1) is 44.9. The molecule has 0 fully saturated rings. The van der Waals surface area contributed by atoms with Gasteiger partial charge in [0.2, 0.25) is 0 Å². The summed E-state index contributed by atoms with van der Waals surface area (Å²) in [5.74, 6) is -0.655. The van der Waals surface area contributed by atoms with Crippen LogP contribution in [0.15, 0.2) is 0 Å². The van der Waals surface area contributed by atoms with E-state index in [1.807, 2.05) is 0 Å². The SMILES string of the molecule is CCCCCCCCCCCCCCCCCCCCCC(=O)O[C@H](COC(=O)CCCCCCCCCCCCC(C)C)COP(=O)(O)OC[C@@H](O)COP(=O)(O)OC[C@@H](COC(=O)CCCCCCCCCC(C)C)OC(=O)CCCCCCCCCCCCC. The highest BCUT2D eigenvalue weighted by atomic mass is 31.2. The van der Waals surface area contributed by atoms with Crippen LogP contribution in [0.1, 0.15) is 382 Å². The van der Waals surface area contributed by atoms with Crippen LogP contribution in [0.5, 0.6) is 0 Å². The third-order valence-corrected chi connectivity index (χ3v) is 19.1. The Labute approximate surface area is 568 Å². The maximum Gasteiger partial charge on any atom is 0.472 e. The number of carbonyl (C=O) groups is 4. The molecular weight excluding hydrogens is 1220 g/mol. The molecule has 0 rings (SSSR count). The molecule has 0 saturated heterocycles. The molecule has 0 saturated carbocycles. The Morgan fingerprint density at radius 1 is 0.290 bits per heavy atom. The zero-order valence-corrected chi connectivity index (χ0v) is 62.3. The van der Waals surface area contributed by atoms with E-state index in [0.717, 1.165) is 102 Å². The molecule has 552 valence electrons. The number of esters is 4. The fourth-order valence-electron chi connectivity index (χ4n) is 11.3. The van der Waals surface area contributed by atoms with E-state index in [2.05, 4.69) is 41.5 Å². The monoisotopic (exact) mass is 1370 g/mol. The van der Waals surface area contributed by atoms with E-state index in [1.54, 1.807) is 0 Å². The Kier molecular flexibility index (Phi) is 64.6. The predicted octanol–water partition coefficient (Wildman–Crippen LogP) is 21.6. The summed E-state index contributed by atoms with van der Waals surface area (Å²) in [6.07, 6.45) is 52.8. The van der Waals surface area contributed by atoms with Gasteiger partial charge < -0.3 is 33.8 Å². The van der Waals surface area contributed by atoms with Crippen LogP contribution < -0.4 is 0 Å². The van der Waals surface area contributed by atoms with Gasteiger partial charge in [-0.1, -0.05) is 330 Å². The lowest BCUT2D eigenvalue weighted by Crippen LogP contribution is -2.30. The molecule has 0 radical (unpaired) electrons. The van der Waals surface area contributed by atoms with Crippen LogP contribution in [0.4, 0.5) is 0 Å². The summed E-state index contributed by atoms with van der Waals surface area (Å²) in [7, 11) is -9.91. The number of ether oxygens (including phenoxy) is 4. The van der Waals surface area contributed by atoms with Gasteiger partial charge >= 0.3 is 39.5 Å². The van der Waals surface area contributed by atoms with Crippen LogP contribution in [0, 0.1) is 11.8 Å². The lowest BCUT2D eigenvalue weighted by molar-refractivity contribution is -0.161. The topological polar surface area (TPSA) is 237 Å². The van der Waals surface area contributed by atoms with Gasteiger partial charge in [0.05, 0.1) is 26.4 Å². The van der Waals surface area contributed by atoms with Gasteiger partial charge in [-0.15, -0.1) is 0 Å². The highest BCUT2D eigenvalue weighted by Gasteiger charge is 2.30. The van der Waals surface area contributed by atoms with E-state index in [-0.39, 0.29) is 25.7 Å². The van der Waals surface area contributed by atoms with Gasteiger partial charge in [0.25, 0.3) is 0 Å². The number of hydrogen-bond acceptors (Lipinski definition) is 15. The molecule has 17 nitrogen and oxygen atoms in total. The van der Waals surface area contributed by atoms with E-state index in [0.29, 0.717) is 31.6 Å². The minimum absolute atomic E-state index is 0.106. The molecule has 0 amide bonds. The second-order valence-corrected chi connectivity index (χ2v) is 30.5. The third-order valence-electron chi connectivity index (χ3n) is 17.2. The highest BCUT2D eigenvalue weighted by Crippen LogP contribution is 2.45. The summed E-state index contributed by atoms with van der Waals surface area (Å²) in [4.78, 5) is 72.7. The van der Waals surface area contributed by atoms with Gasteiger partial charge in [-0.3, -0.25) is 37.3 Å². The van der Waals surface area contributed by atoms with Crippen molar-refractivity contribution < 1.29 is 80.2 Å². The summed E-state index contributed by atoms with van der Waals surface area (Å²) < 4.78 is 68.4. The van der Waals surface area contributed by atoms with Crippen molar-refractivity contribution in [1.29, 1.82) is 0 Å². The molecule has 19 heteroatoms. The minimum atomic E-state index is -4.96. The second-order valence-electron chi connectivity index (χ2n) is 27.6. The molecular formula is C74H144O17P2.